The molecular formula is C22H20N8O2. The molecule has 0 unspecified atom stereocenters. The second-order valence-corrected chi connectivity index (χ2v) is 7.73. The third-order valence-electron chi connectivity index (χ3n) is 5.18. The first kappa shape index (κ1) is 19.6. The summed E-state index contributed by atoms with van der Waals surface area (Å²) in [5.74, 6) is -0.293. The van der Waals surface area contributed by atoms with Crippen LogP contribution in [0.2, 0.25) is 0 Å². The van der Waals surface area contributed by atoms with Crippen molar-refractivity contribution in [2.45, 2.75) is 26.8 Å². The molecule has 5 rings (SSSR count). The van der Waals surface area contributed by atoms with Crippen LogP contribution in [0.4, 0.5) is 5.69 Å². The number of carbonyl (C=O) groups is 1. The van der Waals surface area contributed by atoms with Gasteiger partial charge in [-0.1, -0.05) is 12.1 Å². The third kappa shape index (κ3) is 3.13. The summed E-state index contributed by atoms with van der Waals surface area (Å²) in [7, 11) is 0. The van der Waals surface area contributed by atoms with Crippen LogP contribution in [-0.4, -0.2) is 40.4 Å². The molecule has 0 aliphatic carbocycles. The molecule has 10 nitrogen and oxygen atoms in total. The number of amides is 1. The van der Waals surface area contributed by atoms with Gasteiger partial charge in [-0.05, 0) is 39.0 Å². The zero-order valence-electron chi connectivity index (χ0n) is 17.7. The maximum absolute atomic E-state index is 13.3. The normalized spacial score (nSPS) is 11.5. The van der Waals surface area contributed by atoms with E-state index in [1.54, 1.807) is 29.1 Å². The van der Waals surface area contributed by atoms with E-state index >= 15 is 0 Å². The molecule has 0 radical (unpaired) electrons. The Morgan fingerprint density at radius 3 is 2.69 bits per heavy atom. The second kappa shape index (κ2) is 7.41. The lowest BCUT2D eigenvalue weighted by Gasteiger charge is -2.13. The molecular weight excluding hydrogens is 408 g/mol. The van der Waals surface area contributed by atoms with Crippen molar-refractivity contribution in [3.8, 4) is 5.69 Å². The van der Waals surface area contributed by atoms with E-state index in [-0.39, 0.29) is 17.5 Å². The molecule has 0 saturated heterocycles. The van der Waals surface area contributed by atoms with E-state index in [0.717, 1.165) is 5.69 Å². The van der Waals surface area contributed by atoms with Crippen LogP contribution in [-0.2, 0) is 0 Å². The van der Waals surface area contributed by atoms with Gasteiger partial charge in [0, 0.05) is 11.7 Å². The fraction of sp³-hybridized carbons (Fsp3) is 0.182. The highest BCUT2D eigenvalue weighted by atomic mass is 16.1. The molecule has 5 aromatic rings. The molecule has 0 bridgehead atoms. The van der Waals surface area contributed by atoms with Crippen molar-refractivity contribution in [2.24, 2.45) is 0 Å². The molecule has 1 amide bonds. The summed E-state index contributed by atoms with van der Waals surface area (Å²) in [6.07, 6.45) is 4.45. The van der Waals surface area contributed by atoms with Crippen LogP contribution < -0.4 is 10.9 Å². The number of carbonyl (C=O) groups excluding carboxylic acids is 1. The summed E-state index contributed by atoms with van der Waals surface area (Å²) in [6.45, 7) is 5.88. The first-order valence-corrected chi connectivity index (χ1v) is 10.1. The van der Waals surface area contributed by atoms with Gasteiger partial charge in [0.1, 0.15) is 5.39 Å². The largest absolute Gasteiger partial charge is 0.320 e. The fourth-order valence-corrected chi connectivity index (χ4v) is 3.70. The number of fused-ring (bicyclic) bond motifs is 2. The maximum Gasteiger partial charge on any atom is 0.261 e. The lowest BCUT2D eigenvalue weighted by molar-refractivity contribution is 0.102. The number of hydrogen-bond donors (Lipinski definition) is 2. The predicted octanol–water partition coefficient (Wildman–Crippen LogP) is 3.00. The van der Waals surface area contributed by atoms with Crippen LogP contribution in [0.3, 0.4) is 0 Å². The Morgan fingerprint density at radius 2 is 1.88 bits per heavy atom. The molecule has 0 saturated carbocycles. The Labute approximate surface area is 181 Å². The van der Waals surface area contributed by atoms with E-state index in [9.17, 15) is 9.59 Å². The number of aromatic nitrogens is 7. The van der Waals surface area contributed by atoms with Gasteiger partial charge in [-0.15, -0.1) is 0 Å². The number of aryl methyl sites for hydroxylation is 1. The van der Waals surface area contributed by atoms with E-state index in [0.29, 0.717) is 39.0 Å². The summed E-state index contributed by atoms with van der Waals surface area (Å²) in [6, 6.07) is 9.08. The molecule has 0 fully saturated rings. The van der Waals surface area contributed by atoms with Gasteiger partial charge in [0.15, 0.2) is 11.3 Å². The van der Waals surface area contributed by atoms with Crippen molar-refractivity contribution in [1.29, 1.82) is 0 Å². The molecule has 0 aliphatic rings. The van der Waals surface area contributed by atoms with Gasteiger partial charge < -0.3 is 10.3 Å². The molecule has 4 heterocycles. The van der Waals surface area contributed by atoms with Crippen molar-refractivity contribution >= 4 is 33.7 Å². The number of nitrogens with one attached hydrogen (secondary N) is 2. The highest BCUT2D eigenvalue weighted by Crippen LogP contribution is 2.25. The zero-order chi connectivity index (χ0) is 22.4. The highest BCUT2D eigenvalue weighted by molar-refractivity contribution is 6.12. The Balaban J connectivity index is 1.58. The highest BCUT2D eigenvalue weighted by Gasteiger charge is 2.19. The van der Waals surface area contributed by atoms with Crippen LogP contribution in [0.15, 0.2) is 53.8 Å². The standard InChI is InChI=1S/C22H20N8O2/c1-12(2)29-20-15(9-25-29)14(8-13(3)27-20)22(32)28-17-6-4-5-7-18(17)30-19-16(10-26-30)21(31)24-11-23-19/h4-12H,1-3H3,(H,28,32)(H,23,24,31). The maximum atomic E-state index is 13.3. The van der Waals surface area contributed by atoms with Crippen molar-refractivity contribution < 1.29 is 4.79 Å². The summed E-state index contributed by atoms with van der Waals surface area (Å²) < 4.78 is 3.33. The Morgan fingerprint density at radius 1 is 1.09 bits per heavy atom. The summed E-state index contributed by atoms with van der Waals surface area (Å²) in [5.41, 5.74) is 3.11. The topological polar surface area (TPSA) is 123 Å². The van der Waals surface area contributed by atoms with Gasteiger partial charge in [0.05, 0.1) is 41.0 Å². The molecule has 0 spiro atoms. The van der Waals surface area contributed by atoms with Gasteiger partial charge in [-0.2, -0.15) is 10.2 Å². The lowest BCUT2D eigenvalue weighted by atomic mass is 10.1. The molecule has 0 aliphatic heterocycles. The average Bonchev–Trinajstić information content (AvgIpc) is 3.39. The van der Waals surface area contributed by atoms with E-state index in [1.165, 1.54) is 17.2 Å². The van der Waals surface area contributed by atoms with Crippen LogP contribution in [0, 0.1) is 6.92 Å². The first-order chi connectivity index (χ1) is 15.4. The van der Waals surface area contributed by atoms with E-state index in [2.05, 4.69) is 30.5 Å². The quantitative estimate of drug-likeness (QED) is 0.454. The van der Waals surface area contributed by atoms with Crippen LogP contribution in [0.5, 0.6) is 0 Å². The Bertz CT molecular complexity index is 1540. The number of benzene rings is 1. The van der Waals surface area contributed by atoms with Gasteiger partial charge >= 0.3 is 0 Å². The molecule has 2 N–H and O–H groups in total. The molecule has 32 heavy (non-hydrogen) atoms. The first-order valence-electron chi connectivity index (χ1n) is 10.1. The smallest absolute Gasteiger partial charge is 0.261 e. The monoisotopic (exact) mass is 428 g/mol. The van der Waals surface area contributed by atoms with Gasteiger partial charge in [-0.25, -0.2) is 19.3 Å². The molecule has 10 heteroatoms. The van der Waals surface area contributed by atoms with Crippen LogP contribution in [0.25, 0.3) is 27.8 Å². The number of para-hydroxylation sites is 2. The predicted molar refractivity (Wildman–Crippen MR) is 120 cm³/mol. The lowest BCUT2D eigenvalue weighted by Crippen LogP contribution is -2.15. The second-order valence-electron chi connectivity index (χ2n) is 7.73. The van der Waals surface area contributed by atoms with E-state index in [1.807, 2.05) is 32.9 Å². The molecule has 160 valence electrons. The van der Waals surface area contributed by atoms with Gasteiger partial charge in [-0.3, -0.25) is 9.59 Å². The number of aromatic amines is 1. The van der Waals surface area contributed by atoms with Crippen molar-refractivity contribution in [1.82, 2.24) is 34.5 Å². The SMILES string of the molecule is Cc1cc(C(=O)Nc2ccccc2-n2ncc3c(=O)[nH]cnc32)c2cnn(C(C)C)c2n1. The molecule has 4 aromatic heterocycles. The minimum absolute atomic E-state index is 0.113. The van der Waals surface area contributed by atoms with Gasteiger partial charge in [0.25, 0.3) is 11.5 Å². The van der Waals surface area contributed by atoms with Gasteiger partial charge in [0.2, 0.25) is 0 Å². The number of hydrogen-bond acceptors (Lipinski definition) is 6. The number of H-pyrrole nitrogens is 1. The van der Waals surface area contributed by atoms with E-state index in [4.69, 9.17) is 0 Å². The number of nitrogens with zero attached hydrogens (tertiary/aromatic N) is 6. The van der Waals surface area contributed by atoms with Crippen molar-refractivity contribution in [2.75, 3.05) is 5.32 Å². The van der Waals surface area contributed by atoms with Crippen molar-refractivity contribution in [3.05, 3.63) is 70.7 Å². The Hall–Kier alpha value is -4.34. The van der Waals surface area contributed by atoms with Crippen LogP contribution in [0.1, 0.15) is 35.9 Å². The summed E-state index contributed by atoms with van der Waals surface area (Å²) in [4.78, 5) is 36.7. The minimum atomic E-state index is -0.293. The van der Waals surface area contributed by atoms with Crippen LogP contribution >= 0.6 is 0 Å². The minimum Gasteiger partial charge on any atom is -0.320 e. The summed E-state index contributed by atoms with van der Waals surface area (Å²) >= 11 is 0. The number of pyridine rings is 1. The molecule has 1 aromatic carbocycles. The number of anilines is 1. The fourth-order valence-electron chi connectivity index (χ4n) is 3.70. The Kier molecular flexibility index (Phi) is 4.54. The summed E-state index contributed by atoms with van der Waals surface area (Å²) in [5, 5.41) is 12.7. The van der Waals surface area contributed by atoms with Crippen molar-refractivity contribution in [3.63, 3.8) is 0 Å². The van der Waals surface area contributed by atoms with E-state index < -0.39 is 0 Å². The average molecular weight is 428 g/mol. The molecule has 0 atom stereocenters. The third-order valence-corrected chi connectivity index (χ3v) is 5.18. The number of rotatable bonds is 4. The zero-order valence-corrected chi connectivity index (χ0v) is 17.7.